The topological polar surface area (TPSA) is 12.9 Å². The van der Waals surface area contributed by atoms with E-state index in [2.05, 4.69) is 32.8 Å². The summed E-state index contributed by atoms with van der Waals surface area (Å²) in [7, 11) is 0. The Morgan fingerprint density at radius 3 is 3.00 bits per heavy atom. The lowest BCUT2D eigenvalue weighted by Crippen LogP contribution is -1.84. The van der Waals surface area contributed by atoms with E-state index in [1.165, 1.54) is 0 Å². The summed E-state index contributed by atoms with van der Waals surface area (Å²) in [5.74, 6) is 5.82. The smallest absolute Gasteiger partial charge is 0.113 e. The first-order valence-electron chi connectivity index (χ1n) is 3.31. The normalized spacial score (nSPS) is 8.55. The summed E-state index contributed by atoms with van der Waals surface area (Å²) in [5.41, 5.74) is 1.84. The fourth-order valence-electron chi connectivity index (χ4n) is 0.737. The van der Waals surface area contributed by atoms with Crippen molar-refractivity contribution in [3.8, 4) is 11.8 Å². The molecule has 1 nitrogen and oxygen atoms in total. The van der Waals surface area contributed by atoms with Crippen molar-refractivity contribution in [2.75, 3.05) is 5.33 Å². The van der Waals surface area contributed by atoms with Gasteiger partial charge < -0.3 is 0 Å². The maximum atomic E-state index is 4.22. The van der Waals surface area contributed by atoms with E-state index < -0.39 is 0 Å². The molecule has 56 valence electrons. The average Bonchev–Trinajstić information content (AvgIpc) is 2.01. The zero-order valence-electron chi connectivity index (χ0n) is 6.26. The summed E-state index contributed by atoms with van der Waals surface area (Å²) < 4.78 is 0. The van der Waals surface area contributed by atoms with Crippen molar-refractivity contribution in [1.82, 2.24) is 4.98 Å². The van der Waals surface area contributed by atoms with Gasteiger partial charge in [0.25, 0.3) is 0 Å². The van der Waals surface area contributed by atoms with Crippen LogP contribution in [0.15, 0.2) is 18.2 Å². The average molecular weight is 210 g/mol. The van der Waals surface area contributed by atoms with Crippen LogP contribution in [0.1, 0.15) is 11.4 Å². The van der Waals surface area contributed by atoms with E-state index in [9.17, 15) is 0 Å². The number of hydrogen-bond donors (Lipinski definition) is 0. The van der Waals surface area contributed by atoms with E-state index in [0.29, 0.717) is 5.33 Å². The minimum atomic E-state index is 0.697. The summed E-state index contributed by atoms with van der Waals surface area (Å²) >= 11 is 3.22. The van der Waals surface area contributed by atoms with Crippen LogP contribution in [0, 0.1) is 18.8 Å². The minimum absolute atomic E-state index is 0.697. The van der Waals surface area contributed by atoms with Crippen LogP contribution in [-0.4, -0.2) is 10.3 Å². The van der Waals surface area contributed by atoms with Gasteiger partial charge in [-0.3, -0.25) is 0 Å². The molecule has 11 heavy (non-hydrogen) atoms. The molecule has 0 spiro atoms. The van der Waals surface area contributed by atoms with Crippen molar-refractivity contribution in [3.63, 3.8) is 0 Å². The summed E-state index contributed by atoms with van der Waals surface area (Å²) in [6.45, 7) is 1.96. The molecule has 0 aromatic carbocycles. The van der Waals surface area contributed by atoms with Gasteiger partial charge in [0.05, 0.1) is 5.33 Å². The van der Waals surface area contributed by atoms with Crippen LogP contribution in [0.25, 0.3) is 0 Å². The zero-order valence-corrected chi connectivity index (χ0v) is 7.85. The predicted molar refractivity (Wildman–Crippen MR) is 49.6 cm³/mol. The van der Waals surface area contributed by atoms with E-state index in [0.717, 1.165) is 11.4 Å². The van der Waals surface area contributed by atoms with Gasteiger partial charge in [-0.15, -0.1) is 0 Å². The second-order valence-corrected chi connectivity index (χ2v) is 2.66. The quantitative estimate of drug-likeness (QED) is 0.472. The number of alkyl halides is 1. The predicted octanol–water partition coefficient (Wildman–Crippen LogP) is 2.14. The van der Waals surface area contributed by atoms with Gasteiger partial charge in [-0.05, 0) is 25.0 Å². The van der Waals surface area contributed by atoms with Gasteiger partial charge in [0, 0.05) is 5.69 Å². The van der Waals surface area contributed by atoms with E-state index in [-0.39, 0.29) is 0 Å². The minimum Gasteiger partial charge on any atom is -0.245 e. The van der Waals surface area contributed by atoms with Crippen molar-refractivity contribution < 1.29 is 0 Å². The molecule has 0 N–H and O–H groups in total. The molecule has 0 amide bonds. The third kappa shape index (κ3) is 2.73. The lowest BCUT2D eigenvalue weighted by atomic mass is 10.3. The highest BCUT2D eigenvalue weighted by Gasteiger charge is 1.86. The molecular formula is C9H8BrN. The van der Waals surface area contributed by atoms with Crippen molar-refractivity contribution in [3.05, 3.63) is 29.6 Å². The van der Waals surface area contributed by atoms with Gasteiger partial charge in [0.2, 0.25) is 0 Å². The standard InChI is InChI=1S/C9H8BrN/c1-8-4-2-5-9(11-8)6-3-7-10/h2,4-5H,7H2,1H3. The number of rotatable bonds is 0. The molecule has 0 fully saturated rings. The first-order valence-corrected chi connectivity index (χ1v) is 4.43. The summed E-state index contributed by atoms with van der Waals surface area (Å²) in [5, 5.41) is 0.697. The second kappa shape index (κ2) is 4.15. The van der Waals surface area contributed by atoms with Crippen molar-refractivity contribution >= 4 is 15.9 Å². The molecule has 1 aromatic rings. The first kappa shape index (κ1) is 8.29. The molecule has 0 saturated heterocycles. The Balaban J connectivity index is 2.87. The van der Waals surface area contributed by atoms with Crippen LogP contribution in [0.5, 0.6) is 0 Å². The van der Waals surface area contributed by atoms with E-state index in [1.807, 2.05) is 25.1 Å². The number of hydrogen-bond acceptors (Lipinski definition) is 1. The molecule has 1 aromatic heterocycles. The molecule has 0 radical (unpaired) electrons. The molecule has 0 bridgehead atoms. The highest BCUT2D eigenvalue weighted by atomic mass is 79.9. The van der Waals surface area contributed by atoms with Crippen molar-refractivity contribution in [2.24, 2.45) is 0 Å². The van der Waals surface area contributed by atoms with Crippen LogP contribution in [0.3, 0.4) is 0 Å². The van der Waals surface area contributed by atoms with Crippen LogP contribution >= 0.6 is 15.9 Å². The Kier molecular flexibility index (Phi) is 3.13. The fourth-order valence-corrected chi connectivity index (χ4v) is 0.877. The molecule has 1 rings (SSSR count). The third-order valence-corrected chi connectivity index (χ3v) is 1.45. The van der Waals surface area contributed by atoms with Gasteiger partial charge in [-0.2, -0.15) is 0 Å². The SMILES string of the molecule is Cc1cccc(C#CCBr)n1. The molecule has 2 heteroatoms. The van der Waals surface area contributed by atoms with Gasteiger partial charge in [0.1, 0.15) is 5.69 Å². The molecule has 0 aliphatic rings. The summed E-state index contributed by atoms with van der Waals surface area (Å²) in [6.07, 6.45) is 0. The number of halogens is 1. The molecular weight excluding hydrogens is 202 g/mol. The lowest BCUT2D eigenvalue weighted by molar-refractivity contribution is 1.18. The van der Waals surface area contributed by atoms with Crippen LogP contribution < -0.4 is 0 Å². The highest BCUT2D eigenvalue weighted by Crippen LogP contribution is 1.95. The zero-order chi connectivity index (χ0) is 8.10. The van der Waals surface area contributed by atoms with Crippen LogP contribution in [0.4, 0.5) is 0 Å². The Morgan fingerprint density at radius 2 is 2.36 bits per heavy atom. The Labute approximate surface area is 75.0 Å². The van der Waals surface area contributed by atoms with E-state index >= 15 is 0 Å². The molecule has 0 aliphatic heterocycles. The highest BCUT2D eigenvalue weighted by molar-refractivity contribution is 9.09. The summed E-state index contributed by atoms with van der Waals surface area (Å²) in [6, 6.07) is 5.82. The van der Waals surface area contributed by atoms with E-state index in [4.69, 9.17) is 0 Å². The molecule has 1 heterocycles. The van der Waals surface area contributed by atoms with Gasteiger partial charge in [-0.1, -0.05) is 27.9 Å². The van der Waals surface area contributed by atoms with Crippen molar-refractivity contribution in [1.29, 1.82) is 0 Å². The number of aromatic nitrogens is 1. The molecule has 0 aliphatic carbocycles. The number of aryl methyl sites for hydroxylation is 1. The third-order valence-electron chi connectivity index (χ3n) is 1.17. The van der Waals surface area contributed by atoms with Gasteiger partial charge in [0.15, 0.2) is 0 Å². The molecule has 0 saturated carbocycles. The van der Waals surface area contributed by atoms with Gasteiger partial charge in [-0.25, -0.2) is 4.98 Å². The Bertz CT molecular complexity index is 296. The Morgan fingerprint density at radius 1 is 1.55 bits per heavy atom. The molecule has 0 unspecified atom stereocenters. The van der Waals surface area contributed by atoms with Crippen LogP contribution in [0.2, 0.25) is 0 Å². The fraction of sp³-hybridized carbons (Fsp3) is 0.222. The first-order chi connectivity index (χ1) is 5.33. The maximum Gasteiger partial charge on any atom is 0.113 e. The second-order valence-electron chi connectivity index (χ2n) is 2.10. The number of nitrogens with zero attached hydrogens (tertiary/aromatic N) is 1. The van der Waals surface area contributed by atoms with Crippen LogP contribution in [-0.2, 0) is 0 Å². The summed E-state index contributed by atoms with van der Waals surface area (Å²) in [4.78, 5) is 4.22. The monoisotopic (exact) mass is 209 g/mol. The lowest BCUT2D eigenvalue weighted by Gasteiger charge is -1.90. The maximum absolute atomic E-state index is 4.22. The van der Waals surface area contributed by atoms with E-state index in [1.54, 1.807) is 0 Å². The number of pyridine rings is 1. The Hall–Kier alpha value is -0.810. The van der Waals surface area contributed by atoms with Crippen molar-refractivity contribution in [2.45, 2.75) is 6.92 Å². The van der Waals surface area contributed by atoms with Gasteiger partial charge >= 0.3 is 0 Å². The largest absolute Gasteiger partial charge is 0.245 e. The molecule has 0 atom stereocenters.